The lowest BCUT2D eigenvalue weighted by Gasteiger charge is -2.18. The van der Waals surface area contributed by atoms with Gasteiger partial charge in [-0.2, -0.15) is 5.10 Å². The number of hydrogen-bond donors (Lipinski definition) is 5. The summed E-state index contributed by atoms with van der Waals surface area (Å²) in [4.78, 5) is 51.0. The number of primary amides is 1. The summed E-state index contributed by atoms with van der Waals surface area (Å²) in [5.41, 5.74) is 9.33. The molecule has 6 N–H and O–H groups in total. The third-order valence-electron chi connectivity index (χ3n) is 8.54. The van der Waals surface area contributed by atoms with Gasteiger partial charge in [0.25, 0.3) is 11.5 Å². The Morgan fingerprint density at radius 2 is 1.66 bits per heavy atom. The SMILES string of the molecule is Cc1ccc(C(=O)NC(C)C(N)=O)cc1-n1c(C)cc(OCc2ccccc2CNC(=O)Nc2cc(C(C)(C)C)nn2-c2ccc(O)cc2)c(Cl)c1=O. The predicted molar refractivity (Wildman–Crippen MR) is 203 cm³/mol. The molecule has 2 heterocycles. The summed E-state index contributed by atoms with van der Waals surface area (Å²) in [6.45, 7) is 11.3. The highest BCUT2D eigenvalue weighted by Gasteiger charge is 2.22. The van der Waals surface area contributed by atoms with Crippen LogP contribution in [0.1, 0.15) is 66.1 Å². The van der Waals surface area contributed by atoms with E-state index in [1.807, 2.05) is 51.1 Å². The molecule has 5 rings (SSSR count). The van der Waals surface area contributed by atoms with Gasteiger partial charge in [0.1, 0.15) is 35.0 Å². The van der Waals surface area contributed by atoms with Crippen LogP contribution >= 0.6 is 11.6 Å². The van der Waals surface area contributed by atoms with Gasteiger partial charge in [-0.15, -0.1) is 0 Å². The van der Waals surface area contributed by atoms with Gasteiger partial charge in [0.05, 0.1) is 17.1 Å². The smallest absolute Gasteiger partial charge is 0.320 e. The van der Waals surface area contributed by atoms with Crippen LogP contribution in [0.15, 0.2) is 83.7 Å². The summed E-state index contributed by atoms with van der Waals surface area (Å²) in [6, 6.07) is 20.9. The van der Waals surface area contributed by atoms with Crippen molar-refractivity contribution in [3.05, 3.63) is 128 Å². The summed E-state index contributed by atoms with van der Waals surface area (Å²) in [5, 5.41) is 22.6. The summed E-state index contributed by atoms with van der Waals surface area (Å²) in [6.07, 6.45) is 0. The number of phenolic OH excluding ortho intramolecular Hbond substituents is 1. The Morgan fingerprint density at radius 3 is 2.32 bits per heavy atom. The van der Waals surface area contributed by atoms with E-state index in [1.54, 1.807) is 67.1 Å². The molecule has 276 valence electrons. The minimum absolute atomic E-state index is 0.0530. The number of amides is 4. The third kappa shape index (κ3) is 8.87. The number of halogens is 1. The van der Waals surface area contributed by atoms with Crippen LogP contribution in [-0.2, 0) is 23.4 Å². The maximum Gasteiger partial charge on any atom is 0.320 e. The summed E-state index contributed by atoms with van der Waals surface area (Å²) < 4.78 is 9.08. The van der Waals surface area contributed by atoms with Crippen molar-refractivity contribution < 1.29 is 24.2 Å². The van der Waals surface area contributed by atoms with Gasteiger partial charge < -0.3 is 26.2 Å². The zero-order chi connectivity index (χ0) is 38.6. The number of ether oxygens (including phenoxy) is 1. The highest BCUT2D eigenvalue weighted by Crippen LogP contribution is 2.28. The molecule has 0 saturated carbocycles. The van der Waals surface area contributed by atoms with Crippen LogP contribution in [0.4, 0.5) is 10.6 Å². The number of nitrogens with two attached hydrogens (primary N) is 1. The number of hydrogen-bond acceptors (Lipinski definition) is 7. The fourth-order valence-corrected chi connectivity index (χ4v) is 5.61. The van der Waals surface area contributed by atoms with E-state index in [1.165, 1.54) is 11.5 Å². The molecular weight excluding hydrogens is 698 g/mol. The van der Waals surface area contributed by atoms with Gasteiger partial charge in [-0.25, -0.2) is 9.48 Å². The van der Waals surface area contributed by atoms with Crippen molar-refractivity contribution in [2.24, 2.45) is 5.73 Å². The number of rotatable bonds is 11. The van der Waals surface area contributed by atoms with Crippen molar-refractivity contribution in [2.45, 2.75) is 66.2 Å². The predicted octanol–water partition coefficient (Wildman–Crippen LogP) is 5.80. The van der Waals surface area contributed by atoms with E-state index < -0.39 is 29.4 Å². The number of nitrogens with zero attached hydrogens (tertiary/aromatic N) is 3. The number of urea groups is 1. The van der Waals surface area contributed by atoms with Crippen molar-refractivity contribution in [3.63, 3.8) is 0 Å². The molecular formula is C39H42ClN7O6. The van der Waals surface area contributed by atoms with Gasteiger partial charge in [-0.3, -0.25) is 24.3 Å². The fraction of sp³-hybridized carbons (Fsp3) is 0.256. The highest BCUT2D eigenvalue weighted by molar-refractivity contribution is 6.31. The molecule has 0 aliphatic heterocycles. The van der Waals surface area contributed by atoms with Gasteiger partial charge >= 0.3 is 6.03 Å². The first kappa shape index (κ1) is 38.2. The zero-order valence-corrected chi connectivity index (χ0v) is 31.0. The number of carbonyl (C=O) groups is 3. The number of pyridine rings is 1. The summed E-state index contributed by atoms with van der Waals surface area (Å²) in [5.74, 6) is -0.448. The van der Waals surface area contributed by atoms with Crippen LogP contribution in [0, 0.1) is 13.8 Å². The third-order valence-corrected chi connectivity index (χ3v) is 8.89. The molecule has 1 unspecified atom stereocenters. The number of carbonyl (C=O) groups excluding carboxylic acids is 3. The van der Waals surface area contributed by atoms with Crippen molar-refractivity contribution in [2.75, 3.05) is 5.32 Å². The fourth-order valence-electron chi connectivity index (χ4n) is 5.42. The average molecular weight is 740 g/mol. The number of anilines is 1. The van der Waals surface area contributed by atoms with Crippen LogP contribution in [0.25, 0.3) is 11.4 Å². The first-order chi connectivity index (χ1) is 25.0. The van der Waals surface area contributed by atoms with Gasteiger partial charge in [-0.1, -0.05) is 62.7 Å². The molecule has 14 heteroatoms. The molecule has 0 saturated heterocycles. The van der Waals surface area contributed by atoms with E-state index in [4.69, 9.17) is 27.2 Å². The molecule has 0 spiro atoms. The zero-order valence-electron chi connectivity index (χ0n) is 30.3. The Bertz CT molecular complexity index is 2240. The Kier molecular flexibility index (Phi) is 11.3. The van der Waals surface area contributed by atoms with E-state index in [2.05, 4.69) is 16.0 Å². The van der Waals surface area contributed by atoms with Gasteiger partial charge in [-0.05, 0) is 73.9 Å². The monoisotopic (exact) mass is 739 g/mol. The molecule has 13 nitrogen and oxygen atoms in total. The van der Waals surface area contributed by atoms with Gasteiger partial charge in [0.15, 0.2) is 0 Å². The lowest BCUT2D eigenvalue weighted by molar-refractivity contribution is -0.119. The number of aromatic hydroxyl groups is 1. The molecule has 2 aromatic heterocycles. The average Bonchev–Trinajstić information content (AvgIpc) is 3.54. The Balaban J connectivity index is 1.30. The molecule has 0 radical (unpaired) electrons. The van der Waals surface area contributed by atoms with E-state index in [-0.39, 0.29) is 40.7 Å². The van der Waals surface area contributed by atoms with Crippen molar-refractivity contribution in [1.82, 2.24) is 25.0 Å². The van der Waals surface area contributed by atoms with Crippen molar-refractivity contribution in [3.8, 4) is 22.9 Å². The second-order valence-corrected chi connectivity index (χ2v) is 14.0. The second kappa shape index (κ2) is 15.7. The lowest BCUT2D eigenvalue weighted by Crippen LogP contribution is -2.42. The summed E-state index contributed by atoms with van der Waals surface area (Å²) in [7, 11) is 0. The molecule has 53 heavy (non-hydrogen) atoms. The number of aryl methyl sites for hydroxylation is 2. The molecule has 5 aromatic rings. The Hall–Kier alpha value is -6.08. The molecule has 0 bridgehead atoms. The van der Waals surface area contributed by atoms with Crippen LogP contribution in [0.2, 0.25) is 5.02 Å². The molecule has 0 aliphatic rings. The minimum Gasteiger partial charge on any atom is -0.508 e. The first-order valence-corrected chi connectivity index (χ1v) is 17.2. The Morgan fingerprint density at radius 1 is 0.981 bits per heavy atom. The van der Waals surface area contributed by atoms with Crippen LogP contribution in [0.3, 0.4) is 0 Å². The highest BCUT2D eigenvalue weighted by atomic mass is 35.5. The minimum atomic E-state index is -0.879. The van der Waals surface area contributed by atoms with E-state index in [0.717, 1.165) is 16.8 Å². The maximum absolute atomic E-state index is 13.6. The normalized spacial score (nSPS) is 11.8. The summed E-state index contributed by atoms with van der Waals surface area (Å²) >= 11 is 6.59. The number of aromatic nitrogens is 3. The van der Waals surface area contributed by atoms with E-state index >= 15 is 0 Å². The van der Waals surface area contributed by atoms with Crippen molar-refractivity contribution in [1.29, 1.82) is 0 Å². The maximum atomic E-state index is 13.6. The molecule has 0 fully saturated rings. The van der Waals surface area contributed by atoms with Crippen molar-refractivity contribution >= 4 is 35.3 Å². The van der Waals surface area contributed by atoms with Crippen LogP contribution in [0.5, 0.6) is 11.5 Å². The quantitative estimate of drug-likeness (QED) is 0.113. The molecule has 3 aromatic carbocycles. The lowest BCUT2D eigenvalue weighted by atomic mass is 9.92. The van der Waals surface area contributed by atoms with E-state index in [0.29, 0.717) is 28.5 Å². The second-order valence-electron chi connectivity index (χ2n) is 13.7. The molecule has 0 aliphatic carbocycles. The number of phenols is 1. The van der Waals surface area contributed by atoms with Crippen LogP contribution < -0.4 is 32.0 Å². The molecule has 1 atom stereocenters. The largest absolute Gasteiger partial charge is 0.508 e. The van der Waals surface area contributed by atoms with Crippen LogP contribution in [-0.4, -0.2) is 43.3 Å². The standard InChI is InChI=1S/C39H42ClN7O6/c1-22-11-12-25(36(50)43-24(3)35(41)49)18-30(22)46-23(2)17-31(34(40)37(46)51)53-21-27-10-8-7-9-26(27)20-42-38(52)44-33-19-32(39(4,5)6)45-47(33)28-13-15-29(48)16-14-28/h7-19,24,48H,20-21H2,1-6H3,(H2,41,49)(H,43,50)(H2,42,44,52). The number of nitrogens with one attached hydrogen (secondary N) is 3. The topological polar surface area (TPSA) is 183 Å². The Labute approximate surface area is 311 Å². The van der Waals surface area contributed by atoms with E-state index in [9.17, 15) is 24.3 Å². The molecule has 4 amide bonds. The first-order valence-electron chi connectivity index (χ1n) is 16.8. The van der Waals surface area contributed by atoms with Gasteiger partial charge in [0, 0.05) is 35.3 Å². The number of benzene rings is 3. The van der Waals surface area contributed by atoms with Gasteiger partial charge in [0.2, 0.25) is 5.91 Å².